The average Bonchev–Trinajstić information content (AvgIpc) is 2.44. The van der Waals surface area contributed by atoms with Crippen molar-refractivity contribution in [1.82, 2.24) is 4.72 Å². The number of hydrogen-bond acceptors (Lipinski definition) is 6. The van der Waals surface area contributed by atoms with E-state index in [1.54, 1.807) is 6.92 Å². The molecular weight excluding hydrogens is 298 g/mol. The van der Waals surface area contributed by atoms with Gasteiger partial charge in [0.05, 0.1) is 15.9 Å². The van der Waals surface area contributed by atoms with Crippen molar-refractivity contribution < 1.29 is 18.1 Å². The van der Waals surface area contributed by atoms with Gasteiger partial charge in [0.1, 0.15) is 5.69 Å². The quantitative estimate of drug-likeness (QED) is 0.553. The second kappa shape index (κ2) is 7.34. The minimum Gasteiger partial charge on any atom is -0.383 e. The summed E-state index contributed by atoms with van der Waals surface area (Å²) in [6.07, 6.45) is -0.281. The van der Waals surface area contributed by atoms with E-state index in [2.05, 4.69) is 10.0 Å². The summed E-state index contributed by atoms with van der Waals surface area (Å²) >= 11 is 0. The molecule has 118 valence electrons. The summed E-state index contributed by atoms with van der Waals surface area (Å²) in [5.74, 6) is 0. The molecule has 0 heterocycles. The van der Waals surface area contributed by atoms with E-state index in [4.69, 9.17) is 4.74 Å². The average molecular weight is 317 g/mol. The van der Waals surface area contributed by atoms with Crippen molar-refractivity contribution in [2.75, 3.05) is 25.5 Å². The minimum atomic E-state index is -3.82. The Kier molecular flexibility index (Phi) is 6.06. The number of benzene rings is 1. The van der Waals surface area contributed by atoms with Gasteiger partial charge in [-0.3, -0.25) is 10.1 Å². The first kappa shape index (κ1) is 17.3. The van der Waals surface area contributed by atoms with E-state index < -0.39 is 14.9 Å². The highest BCUT2D eigenvalue weighted by Gasteiger charge is 2.21. The number of ether oxygens (including phenoxy) is 1. The maximum Gasteiger partial charge on any atom is 0.293 e. The molecule has 2 N–H and O–H groups in total. The highest BCUT2D eigenvalue weighted by Crippen LogP contribution is 2.26. The molecule has 0 amide bonds. The van der Waals surface area contributed by atoms with Gasteiger partial charge < -0.3 is 10.1 Å². The van der Waals surface area contributed by atoms with E-state index in [0.717, 1.165) is 6.07 Å². The number of hydrogen-bond donors (Lipinski definition) is 2. The smallest absolute Gasteiger partial charge is 0.293 e. The minimum absolute atomic E-state index is 0.0950. The molecule has 1 rings (SSSR count). The van der Waals surface area contributed by atoms with Crippen molar-refractivity contribution in [3.8, 4) is 0 Å². The number of sulfonamides is 1. The molecule has 0 saturated carbocycles. The van der Waals surface area contributed by atoms with E-state index in [0.29, 0.717) is 6.61 Å². The Morgan fingerprint density at radius 1 is 1.43 bits per heavy atom. The van der Waals surface area contributed by atoms with Crippen molar-refractivity contribution in [3.05, 3.63) is 28.3 Å². The Bertz CT molecular complexity index is 603. The summed E-state index contributed by atoms with van der Waals surface area (Å²) in [6, 6.07) is 3.70. The molecule has 8 nitrogen and oxygen atoms in total. The third kappa shape index (κ3) is 4.66. The molecule has 0 saturated heterocycles. The van der Waals surface area contributed by atoms with Gasteiger partial charge >= 0.3 is 0 Å². The molecule has 1 aromatic carbocycles. The van der Waals surface area contributed by atoms with E-state index in [9.17, 15) is 18.5 Å². The molecule has 0 aliphatic rings. The highest BCUT2D eigenvalue weighted by atomic mass is 32.2. The number of nitrogens with zero attached hydrogens (tertiary/aromatic N) is 1. The maximum absolute atomic E-state index is 12.1. The van der Waals surface area contributed by atoms with Crippen LogP contribution in [0, 0.1) is 10.1 Å². The summed E-state index contributed by atoms with van der Waals surface area (Å²) in [7, 11) is -2.29. The molecule has 0 aromatic heterocycles. The van der Waals surface area contributed by atoms with E-state index in [1.807, 2.05) is 6.92 Å². The van der Waals surface area contributed by atoms with Crippen LogP contribution in [-0.2, 0) is 14.8 Å². The topological polar surface area (TPSA) is 111 Å². The molecule has 0 aliphatic carbocycles. The van der Waals surface area contributed by atoms with Gasteiger partial charge in [-0.15, -0.1) is 0 Å². The van der Waals surface area contributed by atoms with Crippen LogP contribution in [0.25, 0.3) is 0 Å². The fraction of sp³-hybridized carbons (Fsp3) is 0.500. The molecule has 0 aliphatic heterocycles. The van der Waals surface area contributed by atoms with Crippen molar-refractivity contribution in [2.24, 2.45) is 0 Å². The first-order valence-corrected chi connectivity index (χ1v) is 7.87. The highest BCUT2D eigenvalue weighted by molar-refractivity contribution is 7.89. The molecule has 1 atom stereocenters. The van der Waals surface area contributed by atoms with Crippen LogP contribution < -0.4 is 10.0 Å². The van der Waals surface area contributed by atoms with Gasteiger partial charge in [0, 0.05) is 26.3 Å². The first-order valence-electron chi connectivity index (χ1n) is 6.39. The van der Waals surface area contributed by atoms with Crippen molar-refractivity contribution in [2.45, 2.75) is 24.8 Å². The second-order valence-corrected chi connectivity index (χ2v) is 6.07. The number of nitro groups is 1. The third-order valence-electron chi connectivity index (χ3n) is 2.76. The number of anilines is 1. The predicted molar refractivity (Wildman–Crippen MR) is 78.9 cm³/mol. The zero-order valence-corrected chi connectivity index (χ0v) is 12.9. The number of nitro benzene ring substituents is 1. The van der Waals surface area contributed by atoms with Gasteiger partial charge in [-0.25, -0.2) is 13.1 Å². The van der Waals surface area contributed by atoms with Gasteiger partial charge in [-0.05, 0) is 26.0 Å². The number of nitrogens with one attached hydrogen (secondary N) is 2. The van der Waals surface area contributed by atoms with Gasteiger partial charge in [-0.2, -0.15) is 0 Å². The summed E-state index contributed by atoms with van der Waals surface area (Å²) in [6.45, 7) is 4.12. The predicted octanol–water partition coefficient (Wildman–Crippen LogP) is 1.34. The van der Waals surface area contributed by atoms with E-state index >= 15 is 0 Å². The van der Waals surface area contributed by atoms with Crippen LogP contribution in [0.4, 0.5) is 11.4 Å². The van der Waals surface area contributed by atoms with Gasteiger partial charge in [0.15, 0.2) is 0 Å². The maximum atomic E-state index is 12.1. The summed E-state index contributed by atoms with van der Waals surface area (Å²) in [5, 5.41) is 13.6. The fourth-order valence-corrected chi connectivity index (χ4v) is 2.83. The Morgan fingerprint density at radius 2 is 2.10 bits per heavy atom. The lowest BCUT2D eigenvalue weighted by atomic mass is 10.3. The zero-order chi connectivity index (χ0) is 16.0. The van der Waals surface area contributed by atoms with Crippen LogP contribution in [0.1, 0.15) is 13.8 Å². The molecule has 1 unspecified atom stereocenters. The van der Waals surface area contributed by atoms with Crippen molar-refractivity contribution >= 4 is 21.4 Å². The standard InChI is InChI=1S/C12H19N3O5S/c1-4-20-9(2)8-14-21(18,19)10-5-6-11(13-3)12(7-10)15(16)17/h5-7,9,13-14H,4,8H2,1-3H3. The lowest BCUT2D eigenvalue weighted by Crippen LogP contribution is -2.32. The second-order valence-electron chi connectivity index (χ2n) is 4.30. The summed E-state index contributed by atoms with van der Waals surface area (Å²) < 4.78 is 31.8. The van der Waals surface area contributed by atoms with Gasteiger partial charge in [0.2, 0.25) is 10.0 Å². The fourth-order valence-electron chi connectivity index (χ4n) is 1.69. The zero-order valence-electron chi connectivity index (χ0n) is 12.1. The largest absolute Gasteiger partial charge is 0.383 e. The van der Waals surface area contributed by atoms with Crippen LogP contribution in [0.2, 0.25) is 0 Å². The Balaban J connectivity index is 2.98. The molecular formula is C12H19N3O5S. The molecule has 0 fully saturated rings. The Hall–Kier alpha value is -1.71. The lowest BCUT2D eigenvalue weighted by Gasteiger charge is -2.13. The van der Waals surface area contributed by atoms with Gasteiger partial charge in [0.25, 0.3) is 5.69 Å². The summed E-state index contributed by atoms with van der Waals surface area (Å²) in [5.41, 5.74) is -0.0418. The number of rotatable bonds is 8. The molecule has 1 aromatic rings. The molecule has 9 heteroatoms. The van der Waals surface area contributed by atoms with Gasteiger partial charge in [-0.1, -0.05) is 0 Å². The van der Waals surface area contributed by atoms with Crippen LogP contribution in [-0.4, -0.2) is 39.6 Å². The molecule has 0 bridgehead atoms. The lowest BCUT2D eigenvalue weighted by molar-refractivity contribution is -0.384. The normalized spacial score (nSPS) is 12.9. The molecule has 21 heavy (non-hydrogen) atoms. The third-order valence-corrected chi connectivity index (χ3v) is 4.18. The monoisotopic (exact) mass is 317 g/mol. The SMILES string of the molecule is CCOC(C)CNS(=O)(=O)c1ccc(NC)c([N+](=O)[O-])c1. The van der Waals surface area contributed by atoms with Crippen LogP contribution in [0.5, 0.6) is 0 Å². The van der Waals surface area contributed by atoms with E-state index in [-0.39, 0.29) is 28.9 Å². The first-order chi connectivity index (χ1) is 9.81. The van der Waals surface area contributed by atoms with Crippen LogP contribution in [0.3, 0.4) is 0 Å². The molecule has 0 spiro atoms. The van der Waals surface area contributed by atoms with Crippen molar-refractivity contribution in [1.29, 1.82) is 0 Å². The Labute approximate surface area is 123 Å². The van der Waals surface area contributed by atoms with Crippen LogP contribution >= 0.6 is 0 Å². The van der Waals surface area contributed by atoms with Crippen molar-refractivity contribution in [3.63, 3.8) is 0 Å². The van der Waals surface area contributed by atoms with E-state index in [1.165, 1.54) is 19.2 Å². The summed E-state index contributed by atoms with van der Waals surface area (Å²) in [4.78, 5) is 10.2. The molecule has 0 radical (unpaired) electrons. The Morgan fingerprint density at radius 3 is 2.62 bits per heavy atom. The van der Waals surface area contributed by atoms with Crippen LogP contribution in [0.15, 0.2) is 23.1 Å².